The highest BCUT2D eigenvalue weighted by Gasteiger charge is 2.07. The number of likely N-dealkylation sites (N-methyl/N-ethyl adjacent to an activating group) is 1. The maximum absolute atomic E-state index is 10.1. The third-order valence-corrected chi connectivity index (χ3v) is 3.64. The summed E-state index contributed by atoms with van der Waals surface area (Å²) in [4.78, 5) is 13.4. The first-order valence-electron chi connectivity index (χ1n) is 6.97. The summed E-state index contributed by atoms with van der Waals surface area (Å²) in [5.74, 6) is 0. The monoisotopic (exact) mass is 284 g/mol. The van der Waals surface area contributed by atoms with Crippen molar-refractivity contribution in [2.45, 2.75) is 26.2 Å². The van der Waals surface area contributed by atoms with E-state index in [0.29, 0.717) is 0 Å². The highest BCUT2D eigenvalue weighted by molar-refractivity contribution is 8.03. The zero-order chi connectivity index (χ0) is 14.3. The largest absolute Gasteiger partial charge is 0.318 e. The molecule has 110 valence electrons. The quantitative estimate of drug-likeness (QED) is 0.462. The number of nitrogens with one attached hydrogen (secondary N) is 1. The van der Waals surface area contributed by atoms with E-state index in [0.717, 1.165) is 17.7 Å². The molecular weight excluding hydrogens is 256 g/mol. The van der Waals surface area contributed by atoms with Crippen molar-refractivity contribution >= 4 is 18.0 Å². The summed E-state index contributed by atoms with van der Waals surface area (Å²) < 4.78 is 0. The SMILES string of the molecule is C/C=C/C=C(/C=O)SC.CNCCN1CCCCC1. The van der Waals surface area contributed by atoms with Gasteiger partial charge >= 0.3 is 0 Å². The number of likely N-dealkylation sites (tertiary alicyclic amines) is 1. The lowest BCUT2D eigenvalue weighted by Crippen LogP contribution is -2.34. The summed E-state index contributed by atoms with van der Waals surface area (Å²) >= 11 is 1.45. The number of allylic oxidation sites excluding steroid dienone is 4. The lowest BCUT2D eigenvalue weighted by molar-refractivity contribution is -0.104. The molecule has 0 aliphatic carbocycles. The molecule has 0 aromatic heterocycles. The third kappa shape index (κ3) is 11.0. The zero-order valence-corrected chi connectivity index (χ0v) is 13.3. The number of carbonyl (C=O) groups excluding carboxylic acids is 1. The summed E-state index contributed by atoms with van der Waals surface area (Å²) in [7, 11) is 2.02. The molecule has 0 unspecified atom stereocenters. The van der Waals surface area contributed by atoms with E-state index in [2.05, 4.69) is 10.2 Å². The van der Waals surface area contributed by atoms with Crippen molar-refractivity contribution in [1.29, 1.82) is 0 Å². The van der Waals surface area contributed by atoms with Crippen molar-refractivity contribution in [1.82, 2.24) is 10.2 Å². The Morgan fingerprint density at radius 2 is 2.00 bits per heavy atom. The Bertz CT molecular complexity index is 271. The molecule has 0 spiro atoms. The third-order valence-electron chi connectivity index (χ3n) is 2.93. The van der Waals surface area contributed by atoms with Gasteiger partial charge in [-0.05, 0) is 52.2 Å². The summed E-state index contributed by atoms with van der Waals surface area (Å²) in [5.41, 5.74) is 0. The van der Waals surface area contributed by atoms with E-state index in [1.54, 1.807) is 6.08 Å². The predicted octanol–water partition coefficient (Wildman–Crippen LogP) is 2.70. The Balaban J connectivity index is 0.000000344. The van der Waals surface area contributed by atoms with Crippen molar-refractivity contribution < 1.29 is 4.79 Å². The van der Waals surface area contributed by atoms with Gasteiger partial charge in [0.05, 0.1) is 0 Å². The molecule has 1 rings (SSSR count). The highest BCUT2D eigenvalue weighted by atomic mass is 32.2. The van der Waals surface area contributed by atoms with Crippen molar-refractivity contribution in [3.05, 3.63) is 23.1 Å². The lowest BCUT2D eigenvalue weighted by Gasteiger charge is -2.25. The standard InChI is InChI=1S/C8H18N2.C7H10OS/c1-9-5-8-10-6-3-2-4-7-10;1-3-4-5-7(6-8)9-2/h9H,2-8H2,1H3;3-6H,1-2H3/b;4-3+,7-5-. The number of hydrogen-bond donors (Lipinski definition) is 1. The first kappa shape index (κ1) is 18.4. The van der Waals surface area contributed by atoms with Crippen molar-refractivity contribution in [3.63, 3.8) is 0 Å². The number of thioether (sulfide) groups is 1. The Kier molecular flexibility index (Phi) is 13.4. The second-order valence-electron chi connectivity index (χ2n) is 4.42. The molecule has 0 atom stereocenters. The van der Waals surface area contributed by atoms with E-state index < -0.39 is 0 Å². The smallest absolute Gasteiger partial charge is 0.156 e. The number of nitrogens with zero attached hydrogens (tertiary/aromatic N) is 1. The van der Waals surface area contributed by atoms with E-state index in [9.17, 15) is 4.79 Å². The van der Waals surface area contributed by atoms with Gasteiger partial charge in [0.15, 0.2) is 6.29 Å². The molecule has 1 saturated heterocycles. The normalized spacial score (nSPS) is 17.1. The Morgan fingerprint density at radius 3 is 2.47 bits per heavy atom. The molecule has 0 saturated carbocycles. The summed E-state index contributed by atoms with van der Waals surface area (Å²) in [6.45, 7) is 6.93. The fraction of sp³-hybridized carbons (Fsp3) is 0.667. The topological polar surface area (TPSA) is 32.3 Å². The van der Waals surface area contributed by atoms with Gasteiger partial charge < -0.3 is 10.2 Å². The second kappa shape index (κ2) is 13.8. The molecule has 0 amide bonds. The average Bonchev–Trinajstić information content (AvgIpc) is 2.48. The molecule has 0 radical (unpaired) electrons. The maximum atomic E-state index is 10.1. The van der Waals surface area contributed by atoms with Crippen LogP contribution >= 0.6 is 11.8 Å². The van der Waals surface area contributed by atoms with Crippen molar-refractivity contribution in [2.24, 2.45) is 0 Å². The molecule has 1 aliphatic rings. The Labute approximate surface area is 122 Å². The number of piperidine rings is 1. The molecule has 3 nitrogen and oxygen atoms in total. The molecular formula is C15H28N2OS. The maximum Gasteiger partial charge on any atom is 0.156 e. The van der Waals surface area contributed by atoms with Crippen LogP contribution in [0.15, 0.2) is 23.1 Å². The summed E-state index contributed by atoms with van der Waals surface area (Å²) in [5, 5.41) is 3.17. The molecule has 19 heavy (non-hydrogen) atoms. The van der Waals surface area contributed by atoms with Crippen LogP contribution in [0.3, 0.4) is 0 Å². The van der Waals surface area contributed by atoms with Gasteiger partial charge in [-0.2, -0.15) is 0 Å². The number of hydrogen-bond acceptors (Lipinski definition) is 4. The van der Waals surface area contributed by atoms with Crippen molar-refractivity contribution in [3.8, 4) is 0 Å². The Morgan fingerprint density at radius 1 is 1.32 bits per heavy atom. The van der Waals surface area contributed by atoms with Crippen LogP contribution in [0, 0.1) is 0 Å². The van der Waals surface area contributed by atoms with Crippen LogP contribution in [0.2, 0.25) is 0 Å². The minimum absolute atomic E-state index is 0.758. The van der Waals surface area contributed by atoms with E-state index in [1.165, 1.54) is 50.7 Å². The average molecular weight is 284 g/mol. The van der Waals surface area contributed by atoms with Crippen LogP contribution in [0.1, 0.15) is 26.2 Å². The van der Waals surface area contributed by atoms with Crippen LogP contribution < -0.4 is 5.32 Å². The van der Waals surface area contributed by atoms with Gasteiger partial charge in [-0.25, -0.2) is 0 Å². The summed E-state index contributed by atoms with van der Waals surface area (Å²) in [6.07, 6.45) is 12.5. The molecule has 1 heterocycles. The van der Waals surface area contributed by atoms with Crippen LogP contribution in [0.4, 0.5) is 0 Å². The van der Waals surface area contributed by atoms with E-state index in [-0.39, 0.29) is 0 Å². The van der Waals surface area contributed by atoms with Gasteiger partial charge in [0.2, 0.25) is 0 Å². The highest BCUT2D eigenvalue weighted by Crippen LogP contribution is 2.07. The Hall–Kier alpha value is -0.580. The second-order valence-corrected chi connectivity index (χ2v) is 5.30. The fourth-order valence-corrected chi connectivity index (χ4v) is 2.11. The molecule has 0 aromatic carbocycles. The van der Waals surface area contributed by atoms with Gasteiger partial charge in [0.1, 0.15) is 0 Å². The minimum atomic E-state index is 0.758. The van der Waals surface area contributed by atoms with E-state index >= 15 is 0 Å². The fourth-order valence-electron chi connectivity index (χ4n) is 1.80. The molecule has 1 fully saturated rings. The molecule has 0 bridgehead atoms. The van der Waals surface area contributed by atoms with Crippen LogP contribution in [-0.2, 0) is 4.79 Å². The van der Waals surface area contributed by atoms with Gasteiger partial charge in [-0.1, -0.05) is 18.6 Å². The molecule has 1 aliphatic heterocycles. The molecule has 1 N–H and O–H groups in total. The first-order chi connectivity index (χ1) is 9.28. The van der Waals surface area contributed by atoms with Crippen LogP contribution in [-0.4, -0.2) is 50.7 Å². The zero-order valence-electron chi connectivity index (χ0n) is 12.5. The molecule has 0 aromatic rings. The number of rotatable bonds is 6. The van der Waals surface area contributed by atoms with Crippen LogP contribution in [0.5, 0.6) is 0 Å². The minimum Gasteiger partial charge on any atom is -0.318 e. The van der Waals surface area contributed by atoms with E-state index in [1.807, 2.05) is 32.4 Å². The predicted molar refractivity (Wildman–Crippen MR) is 86.7 cm³/mol. The van der Waals surface area contributed by atoms with E-state index in [4.69, 9.17) is 0 Å². The van der Waals surface area contributed by atoms with Gasteiger partial charge in [0, 0.05) is 18.0 Å². The van der Waals surface area contributed by atoms with Crippen molar-refractivity contribution in [2.75, 3.05) is 39.5 Å². The van der Waals surface area contributed by atoms with Gasteiger partial charge in [0.25, 0.3) is 0 Å². The van der Waals surface area contributed by atoms with Crippen LogP contribution in [0.25, 0.3) is 0 Å². The lowest BCUT2D eigenvalue weighted by atomic mass is 10.1. The number of carbonyl (C=O) groups is 1. The van der Waals surface area contributed by atoms with Gasteiger partial charge in [-0.3, -0.25) is 4.79 Å². The van der Waals surface area contributed by atoms with Gasteiger partial charge in [-0.15, -0.1) is 11.8 Å². The summed E-state index contributed by atoms with van der Waals surface area (Å²) in [6, 6.07) is 0. The number of aldehydes is 1. The first-order valence-corrected chi connectivity index (χ1v) is 8.20. The molecule has 4 heteroatoms.